The average molecular weight is 350 g/mol. The molecule has 0 atom stereocenters. The van der Waals surface area contributed by atoms with Crippen molar-refractivity contribution in [3.63, 3.8) is 0 Å². The number of carbonyl (C=O) groups excluding carboxylic acids is 3. The van der Waals surface area contributed by atoms with Gasteiger partial charge in [-0.25, -0.2) is 9.59 Å². The lowest BCUT2D eigenvalue weighted by Crippen LogP contribution is -2.53. The van der Waals surface area contributed by atoms with E-state index in [1.54, 1.807) is 25.7 Å². The molecule has 1 rings (SSSR count). The van der Waals surface area contributed by atoms with E-state index in [0.717, 1.165) is 0 Å². The smallest absolute Gasteiger partial charge is 0.409 e. The molecule has 1 fully saturated rings. The zero-order valence-electron chi connectivity index (χ0n) is 13.8. The van der Waals surface area contributed by atoms with Crippen molar-refractivity contribution in [2.45, 2.75) is 26.4 Å². The molecule has 3 amide bonds. The molecule has 0 aliphatic carbocycles. The standard InChI is InChI=1S/C14H24ClN3O5/c1-14(2,3)23-12(20)16-10-11(19)17-5-7-18(8-6-17)13(21)22-9-4-15/h4-10H2,1-3H3,(H,16,20). The normalized spacial score (nSPS) is 15.1. The highest BCUT2D eigenvalue weighted by atomic mass is 35.5. The summed E-state index contributed by atoms with van der Waals surface area (Å²) in [5, 5.41) is 2.43. The number of hydrogen-bond acceptors (Lipinski definition) is 5. The monoisotopic (exact) mass is 349 g/mol. The number of rotatable bonds is 4. The Kier molecular flexibility index (Phi) is 7.41. The van der Waals surface area contributed by atoms with E-state index in [1.165, 1.54) is 4.90 Å². The first kappa shape index (κ1) is 19.3. The molecule has 0 saturated carbocycles. The molecule has 9 heteroatoms. The summed E-state index contributed by atoms with van der Waals surface area (Å²) < 4.78 is 9.99. The van der Waals surface area contributed by atoms with Crippen molar-refractivity contribution in [1.82, 2.24) is 15.1 Å². The first-order valence-electron chi connectivity index (χ1n) is 7.45. The molecule has 1 aliphatic rings. The van der Waals surface area contributed by atoms with E-state index in [0.29, 0.717) is 26.2 Å². The van der Waals surface area contributed by atoms with E-state index in [1.807, 2.05) is 0 Å². The Morgan fingerprint density at radius 2 is 1.65 bits per heavy atom. The number of piperazine rings is 1. The van der Waals surface area contributed by atoms with E-state index in [-0.39, 0.29) is 24.9 Å². The highest BCUT2D eigenvalue weighted by Crippen LogP contribution is 2.07. The fraction of sp³-hybridized carbons (Fsp3) is 0.786. The van der Waals surface area contributed by atoms with Gasteiger partial charge in [0.2, 0.25) is 5.91 Å². The minimum Gasteiger partial charge on any atom is -0.448 e. The second-order valence-electron chi connectivity index (χ2n) is 6.03. The molecule has 0 unspecified atom stereocenters. The van der Waals surface area contributed by atoms with Gasteiger partial charge in [-0.05, 0) is 20.8 Å². The number of halogens is 1. The van der Waals surface area contributed by atoms with Crippen LogP contribution in [0.1, 0.15) is 20.8 Å². The maximum atomic E-state index is 12.0. The van der Waals surface area contributed by atoms with Gasteiger partial charge >= 0.3 is 12.2 Å². The lowest BCUT2D eigenvalue weighted by atomic mass is 10.2. The Bertz CT molecular complexity index is 431. The van der Waals surface area contributed by atoms with Gasteiger partial charge in [0.15, 0.2) is 0 Å². The van der Waals surface area contributed by atoms with Crippen molar-refractivity contribution in [1.29, 1.82) is 0 Å². The first-order chi connectivity index (χ1) is 10.7. The SMILES string of the molecule is CC(C)(C)OC(=O)NCC(=O)N1CCN(C(=O)OCCCl)CC1. The van der Waals surface area contributed by atoms with Crippen molar-refractivity contribution in [3.05, 3.63) is 0 Å². The Balaban J connectivity index is 2.30. The van der Waals surface area contributed by atoms with Crippen LogP contribution in [0, 0.1) is 0 Å². The molecule has 0 aromatic heterocycles. The zero-order chi connectivity index (χ0) is 17.5. The summed E-state index contributed by atoms with van der Waals surface area (Å²) in [7, 11) is 0. The van der Waals surface area contributed by atoms with Gasteiger partial charge in [0, 0.05) is 26.2 Å². The van der Waals surface area contributed by atoms with E-state index < -0.39 is 17.8 Å². The van der Waals surface area contributed by atoms with Crippen LogP contribution in [0.5, 0.6) is 0 Å². The van der Waals surface area contributed by atoms with Crippen molar-refractivity contribution >= 4 is 29.7 Å². The van der Waals surface area contributed by atoms with Crippen molar-refractivity contribution < 1.29 is 23.9 Å². The van der Waals surface area contributed by atoms with Gasteiger partial charge in [-0.3, -0.25) is 4.79 Å². The van der Waals surface area contributed by atoms with Crippen molar-refractivity contribution in [3.8, 4) is 0 Å². The number of alkyl carbamates (subject to hydrolysis) is 1. The van der Waals surface area contributed by atoms with Crippen LogP contribution >= 0.6 is 11.6 Å². The minimum atomic E-state index is -0.630. The summed E-state index contributed by atoms with van der Waals surface area (Å²) in [6, 6.07) is 0. The summed E-state index contributed by atoms with van der Waals surface area (Å²) in [5.74, 6) is 0.0326. The summed E-state index contributed by atoms with van der Waals surface area (Å²) in [6.07, 6.45) is -1.06. The second-order valence-corrected chi connectivity index (χ2v) is 6.40. The number of amides is 3. The molecule has 0 aromatic rings. The van der Waals surface area contributed by atoms with Crippen LogP contribution in [-0.2, 0) is 14.3 Å². The number of carbonyl (C=O) groups is 3. The quantitative estimate of drug-likeness (QED) is 0.766. The number of nitrogens with one attached hydrogen (secondary N) is 1. The third-order valence-electron chi connectivity index (χ3n) is 2.98. The summed E-state index contributed by atoms with van der Waals surface area (Å²) in [6.45, 7) is 6.84. The fourth-order valence-electron chi connectivity index (χ4n) is 1.93. The summed E-state index contributed by atoms with van der Waals surface area (Å²) in [5.41, 5.74) is -0.609. The lowest BCUT2D eigenvalue weighted by molar-refractivity contribution is -0.131. The van der Waals surface area contributed by atoms with Gasteiger partial charge < -0.3 is 24.6 Å². The number of hydrogen-bond donors (Lipinski definition) is 1. The number of nitrogens with zero attached hydrogens (tertiary/aromatic N) is 2. The second kappa shape index (κ2) is 8.81. The van der Waals surface area contributed by atoms with E-state index >= 15 is 0 Å². The molecule has 1 heterocycles. The van der Waals surface area contributed by atoms with E-state index in [2.05, 4.69) is 5.32 Å². The van der Waals surface area contributed by atoms with E-state index in [9.17, 15) is 14.4 Å². The molecular formula is C14H24ClN3O5. The molecule has 0 radical (unpaired) electrons. The van der Waals surface area contributed by atoms with Crippen LogP contribution in [0.25, 0.3) is 0 Å². The van der Waals surface area contributed by atoms with Gasteiger partial charge in [-0.1, -0.05) is 0 Å². The van der Waals surface area contributed by atoms with Gasteiger partial charge in [0.05, 0.1) is 5.88 Å². The van der Waals surface area contributed by atoms with Gasteiger partial charge in [-0.2, -0.15) is 0 Å². The Labute approximate surface area is 141 Å². The zero-order valence-corrected chi connectivity index (χ0v) is 14.5. The third kappa shape index (κ3) is 7.40. The molecule has 132 valence electrons. The van der Waals surface area contributed by atoms with Crippen molar-refractivity contribution in [2.75, 3.05) is 45.2 Å². The molecule has 1 aliphatic heterocycles. The topological polar surface area (TPSA) is 88.2 Å². The van der Waals surface area contributed by atoms with Crippen LogP contribution < -0.4 is 5.32 Å². The fourth-order valence-corrected chi connectivity index (χ4v) is 2.01. The molecule has 23 heavy (non-hydrogen) atoms. The molecule has 0 aromatic carbocycles. The molecule has 1 saturated heterocycles. The van der Waals surface area contributed by atoms with Gasteiger partial charge in [-0.15, -0.1) is 11.6 Å². The van der Waals surface area contributed by atoms with Gasteiger partial charge in [0.25, 0.3) is 0 Å². The molecule has 0 spiro atoms. The van der Waals surface area contributed by atoms with Gasteiger partial charge in [0.1, 0.15) is 18.8 Å². The number of alkyl halides is 1. The third-order valence-corrected chi connectivity index (χ3v) is 3.13. The number of ether oxygens (including phenoxy) is 2. The van der Waals surface area contributed by atoms with Crippen LogP contribution in [0.4, 0.5) is 9.59 Å². The first-order valence-corrected chi connectivity index (χ1v) is 7.98. The molecule has 1 N–H and O–H groups in total. The average Bonchev–Trinajstić information content (AvgIpc) is 2.48. The largest absolute Gasteiger partial charge is 0.448 e. The Hall–Kier alpha value is -1.70. The highest BCUT2D eigenvalue weighted by molar-refractivity contribution is 6.18. The van der Waals surface area contributed by atoms with Crippen LogP contribution in [0.3, 0.4) is 0 Å². The minimum absolute atomic E-state index is 0.133. The Morgan fingerprint density at radius 1 is 1.09 bits per heavy atom. The summed E-state index contributed by atoms with van der Waals surface area (Å²) in [4.78, 5) is 38.3. The predicted molar refractivity (Wildman–Crippen MR) is 84.5 cm³/mol. The predicted octanol–water partition coefficient (Wildman–Crippen LogP) is 1.03. The molecule has 0 bridgehead atoms. The Morgan fingerprint density at radius 3 is 2.17 bits per heavy atom. The van der Waals surface area contributed by atoms with Crippen LogP contribution in [-0.4, -0.2) is 78.7 Å². The summed E-state index contributed by atoms with van der Waals surface area (Å²) >= 11 is 5.46. The highest BCUT2D eigenvalue weighted by Gasteiger charge is 2.25. The van der Waals surface area contributed by atoms with Crippen molar-refractivity contribution in [2.24, 2.45) is 0 Å². The van der Waals surface area contributed by atoms with Crippen LogP contribution in [0.15, 0.2) is 0 Å². The van der Waals surface area contributed by atoms with Crippen LogP contribution in [0.2, 0.25) is 0 Å². The molecule has 8 nitrogen and oxygen atoms in total. The van der Waals surface area contributed by atoms with E-state index in [4.69, 9.17) is 21.1 Å². The lowest BCUT2D eigenvalue weighted by Gasteiger charge is -2.34. The molecular weight excluding hydrogens is 326 g/mol. The maximum Gasteiger partial charge on any atom is 0.409 e. The maximum absolute atomic E-state index is 12.0.